The van der Waals surface area contributed by atoms with Crippen LogP contribution in [-0.4, -0.2) is 30.3 Å². The molecule has 5 heteroatoms. The molecule has 0 radical (unpaired) electrons. The lowest BCUT2D eigenvalue weighted by atomic mass is 10.1. The molecule has 1 aliphatic rings. The van der Waals surface area contributed by atoms with E-state index in [0.717, 1.165) is 29.2 Å². The van der Waals surface area contributed by atoms with Crippen LogP contribution >= 0.6 is 12.2 Å². The molecule has 0 aliphatic carbocycles. The summed E-state index contributed by atoms with van der Waals surface area (Å²) < 4.78 is 11.2. The van der Waals surface area contributed by atoms with Gasteiger partial charge >= 0.3 is 0 Å². The van der Waals surface area contributed by atoms with Crippen molar-refractivity contribution in [3.05, 3.63) is 53.6 Å². The number of ether oxygens (including phenoxy) is 2. The normalized spacial score (nSPS) is 12.5. The second kappa shape index (κ2) is 8.90. The van der Waals surface area contributed by atoms with Crippen LogP contribution in [0.3, 0.4) is 0 Å². The number of unbranched alkanes of at least 4 members (excludes halogenated alkanes) is 1. The molecule has 2 aromatic carbocycles. The first kappa shape index (κ1) is 18.5. The Labute approximate surface area is 161 Å². The zero-order valence-electron chi connectivity index (χ0n) is 15.5. The van der Waals surface area contributed by atoms with E-state index in [-0.39, 0.29) is 0 Å². The van der Waals surface area contributed by atoms with Crippen LogP contribution in [0.4, 0.5) is 5.69 Å². The number of anilines is 1. The summed E-state index contributed by atoms with van der Waals surface area (Å²) in [6.07, 6.45) is 3.57. The molecule has 0 bridgehead atoms. The maximum atomic E-state index is 5.65. The number of hydrogen-bond acceptors (Lipinski definition) is 3. The third-order valence-electron chi connectivity index (χ3n) is 4.40. The molecule has 26 heavy (non-hydrogen) atoms. The van der Waals surface area contributed by atoms with Crippen molar-refractivity contribution in [3.8, 4) is 11.5 Å². The predicted octanol–water partition coefficient (Wildman–Crippen LogP) is 4.63. The van der Waals surface area contributed by atoms with Crippen LogP contribution < -0.4 is 14.8 Å². The zero-order valence-corrected chi connectivity index (χ0v) is 16.3. The molecule has 0 atom stereocenters. The summed E-state index contributed by atoms with van der Waals surface area (Å²) in [5, 5.41) is 4.00. The number of thiocarbonyl (C=S) groups is 1. The van der Waals surface area contributed by atoms with E-state index in [0.29, 0.717) is 24.9 Å². The largest absolute Gasteiger partial charge is 0.486 e. The van der Waals surface area contributed by atoms with Crippen molar-refractivity contribution in [2.45, 2.75) is 32.7 Å². The molecule has 3 rings (SSSR count). The van der Waals surface area contributed by atoms with E-state index in [1.165, 1.54) is 18.4 Å². The van der Waals surface area contributed by atoms with Crippen molar-refractivity contribution in [2.24, 2.45) is 0 Å². The van der Waals surface area contributed by atoms with Gasteiger partial charge in [-0.2, -0.15) is 0 Å². The fourth-order valence-electron chi connectivity index (χ4n) is 2.89. The topological polar surface area (TPSA) is 33.7 Å². The van der Waals surface area contributed by atoms with Crippen LogP contribution in [0.2, 0.25) is 0 Å². The van der Waals surface area contributed by atoms with Gasteiger partial charge < -0.3 is 19.7 Å². The molecular formula is C21H26N2O2S. The van der Waals surface area contributed by atoms with Gasteiger partial charge in [-0.05, 0) is 60.5 Å². The molecular weight excluding hydrogens is 344 g/mol. The van der Waals surface area contributed by atoms with Gasteiger partial charge in [0, 0.05) is 19.3 Å². The molecule has 1 N–H and O–H groups in total. The van der Waals surface area contributed by atoms with E-state index >= 15 is 0 Å². The standard InChI is InChI=1S/C21H26N2O2S/c1-3-4-5-16-6-9-18(10-7-16)22-21(26)23(2)15-17-8-11-19-20(14-17)25-13-12-24-19/h6-11,14H,3-5,12-13,15H2,1-2H3,(H,22,26). The lowest BCUT2D eigenvalue weighted by Gasteiger charge is -2.23. The predicted molar refractivity (Wildman–Crippen MR) is 110 cm³/mol. The van der Waals surface area contributed by atoms with Crippen LogP contribution in [0.1, 0.15) is 30.9 Å². The highest BCUT2D eigenvalue weighted by atomic mass is 32.1. The molecule has 0 saturated carbocycles. The minimum atomic E-state index is 0.598. The number of rotatable bonds is 6. The minimum absolute atomic E-state index is 0.598. The smallest absolute Gasteiger partial charge is 0.173 e. The Hall–Kier alpha value is -2.27. The zero-order chi connectivity index (χ0) is 18.4. The monoisotopic (exact) mass is 370 g/mol. The van der Waals surface area contributed by atoms with E-state index < -0.39 is 0 Å². The van der Waals surface area contributed by atoms with Crippen molar-refractivity contribution in [2.75, 3.05) is 25.6 Å². The molecule has 2 aromatic rings. The molecule has 1 aliphatic heterocycles. The Morgan fingerprint density at radius 3 is 2.46 bits per heavy atom. The van der Waals surface area contributed by atoms with Crippen LogP contribution in [0.5, 0.6) is 11.5 Å². The average molecular weight is 371 g/mol. The first-order valence-corrected chi connectivity index (χ1v) is 9.56. The summed E-state index contributed by atoms with van der Waals surface area (Å²) in [5.74, 6) is 1.62. The summed E-state index contributed by atoms with van der Waals surface area (Å²) in [6.45, 7) is 4.13. The molecule has 0 spiro atoms. The van der Waals surface area contributed by atoms with E-state index in [4.69, 9.17) is 21.7 Å². The number of nitrogens with zero attached hydrogens (tertiary/aromatic N) is 1. The maximum Gasteiger partial charge on any atom is 0.173 e. The highest BCUT2D eigenvalue weighted by Crippen LogP contribution is 2.31. The van der Waals surface area contributed by atoms with Gasteiger partial charge in [-0.3, -0.25) is 0 Å². The minimum Gasteiger partial charge on any atom is -0.486 e. The number of fused-ring (bicyclic) bond motifs is 1. The lowest BCUT2D eigenvalue weighted by Crippen LogP contribution is -2.30. The molecule has 0 fully saturated rings. The summed E-state index contributed by atoms with van der Waals surface area (Å²) in [5.41, 5.74) is 3.52. The highest BCUT2D eigenvalue weighted by molar-refractivity contribution is 7.80. The van der Waals surface area contributed by atoms with Crippen LogP contribution in [0.25, 0.3) is 0 Å². The quantitative estimate of drug-likeness (QED) is 0.750. The van der Waals surface area contributed by atoms with Crippen molar-refractivity contribution in [1.29, 1.82) is 0 Å². The fraction of sp³-hybridized carbons (Fsp3) is 0.381. The van der Waals surface area contributed by atoms with Crippen molar-refractivity contribution in [1.82, 2.24) is 4.90 Å². The first-order chi connectivity index (χ1) is 12.7. The van der Waals surface area contributed by atoms with Gasteiger partial charge in [-0.15, -0.1) is 0 Å². The van der Waals surface area contributed by atoms with Gasteiger partial charge in [0.05, 0.1) is 0 Å². The second-order valence-electron chi connectivity index (χ2n) is 6.56. The number of aryl methyl sites for hydroxylation is 1. The Morgan fingerprint density at radius 2 is 1.73 bits per heavy atom. The fourth-order valence-corrected chi connectivity index (χ4v) is 3.07. The summed E-state index contributed by atoms with van der Waals surface area (Å²) in [4.78, 5) is 2.02. The molecule has 0 unspecified atom stereocenters. The van der Waals surface area contributed by atoms with Gasteiger partial charge in [0.2, 0.25) is 0 Å². The molecule has 1 heterocycles. The van der Waals surface area contributed by atoms with Gasteiger partial charge in [-0.25, -0.2) is 0 Å². The van der Waals surface area contributed by atoms with Crippen molar-refractivity contribution >= 4 is 23.0 Å². The molecule has 0 aromatic heterocycles. The number of nitrogens with one attached hydrogen (secondary N) is 1. The van der Waals surface area contributed by atoms with E-state index in [9.17, 15) is 0 Å². The summed E-state index contributed by atoms with van der Waals surface area (Å²) >= 11 is 5.54. The van der Waals surface area contributed by atoms with Crippen LogP contribution in [-0.2, 0) is 13.0 Å². The first-order valence-electron chi connectivity index (χ1n) is 9.15. The van der Waals surface area contributed by atoms with E-state index in [1.54, 1.807) is 0 Å². The highest BCUT2D eigenvalue weighted by Gasteiger charge is 2.13. The average Bonchev–Trinajstić information content (AvgIpc) is 2.67. The second-order valence-corrected chi connectivity index (χ2v) is 6.95. The molecule has 0 amide bonds. The Kier molecular flexibility index (Phi) is 6.34. The van der Waals surface area contributed by atoms with E-state index in [2.05, 4.69) is 42.6 Å². The summed E-state index contributed by atoms with van der Waals surface area (Å²) in [7, 11) is 1.99. The summed E-state index contributed by atoms with van der Waals surface area (Å²) in [6, 6.07) is 14.6. The van der Waals surface area contributed by atoms with E-state index in [1.807, 2.05) is 24.1 Å². The van der Waals surface area contributed by atoms with Crippen molar-refractivity contribution in [3.63, 3.8) is 0 Å². The van der Waals surface area contributed by atoms with Gasteiger partial charge in [-0.1, -0.05) is 31.5 Å². The van der Waals surface area contributed by atoms with Gasteiger partial charge in [0.1, 0.15) is 13.2 Å². The van der Waals surface area contributed by atoms with Gasteiger partial charge in [0.25, 0.3) is 0 Å². The SMILES string of the molecule is CCCCc1ccc(NC(=S)N(C)Cc2ccc3c(c2)OCCO3)cc1. The van der Waals surface area contributed by atoms with Crippen LogP contribution in [0.15, 0.2) is 42.5 Å². The molecule has 0 saturated heterocycles. The number of hydrogen-bond donors (Lipinski definition) is 1. The molecule has 138 valence electrons. The van der Waals surface area contributed by atoms with Crippen LogP contribution in [0, 0.1) is 0 Å². The Balaban J connectivity index is 1.56. The Morgan fingerprint density at radius 1 is 1.04 bits per heavy atom. The van der Waals surface area contributed by atoms with Gasteiger partial charge in [0.15, 0.2) is 16.6 Å². The lowest BCUT2D eigenvalue weighted by molar-refractivity contribution is 0.171. The third-order valence-corrected chi connectivity index (χ3v) is 4.81. The molecule has 4 nitrogen and oxygen atoms in total. The maximum absolute atomic E-state index is 5.65. The van der Waals surface area contributed by atoms with Crippen molar-refractivity contribution < 1.29 is 9.47 Å². The number of benzene rings is 2. The third kappa shape index (κ3) is 4.88. The Bertz CT molecular complexity index is 746.